The van der Waals surface area contributed by atoms with Crippen molar-refractivity contribution in [1.82, 2.24) is 14.8 Å². The number of aromatic nitrogens is 3. The fourth-order valence-corrected chi connectivity index (χ4v) is 2.85. The van der Waals surface area contributed by atoms with Crippen molar-refractivity contribution in [3.8, 4) is 0 Å². The van der Waals surface area contributed by atoms with Crippen LogP contribution in [0.25, 0.3) is 0 Å². The van der Waals surface area contributed by atoms with Gasteiger partial charge < -0.3 is 0 Å². The van der Waals surface area contributed by atoms with Gasteiger partial charge in [0.1, 0.15) is 5.82 Å². The fourth-order valence-electron chi connectivity index (χ4n) is 1.72. The number of nitrogens with zero attached hydrogens (tertiary/aromatic N) is 3. The summed E-state index contributed by atoms with van der Waals surface area (Å²) in [6, 6.07) is 4.33. The third-order valence-corrected chi connectivity index (χ3v) is 4.12. The summed E-state index contributed by atoms with van der Waals surface area (Å²) in [5.41, 5.74) is 0. The molecule has 2 heterocycles. The molecule has 0 N–H and O–H groups in total. The predicted molar refractivity (Wildman–Crippen MR) is 71.9 cm³/mol. The summed E-state index contributed by atoms with van der Waals surface area (Å²) in [6.07, 6.45) is 1.08. The van der Waals surface area contributed by atoms with E-state index in [1.54, 1.807) is 0 Å². The van der Waals surface area contributed by atoms with Crippen molar-refractivity contribution in [2.45, 2.75) is 39.7 Å². The van der Waals surface area contributed by atoms with Crippen LogP contribution in [0.5, 0.6) is 0 Å². The molecule has 0 saturated heterocycles. The Bertz CT molecular complexity index is 502. The van der Waals surface area contributed by atoms with E-state index in [2.05, 4.69) is 43.1 Å². The Morgan fingerprint density at radius 2 is 2.00 bits per heavy atom. The highest BCUT2D eigenvalue weighted by molar-refractivity contribution is 7.11. The molecule has 0 bridgehead atoms. The van der Waals surface area contributed by atoms with E-state index in [4.69, 9.17) is 11.6 Å². The maximum atomic E-state index is 6.07. The van der Waals surface area contributed by atoms with E-state index in [0.29, 0.717) is 11.2 Å². The largest absolute Gasteiger partial charge is 0.296 e. The third kappa shape index (κ3) is 2.69. The fraction of sp³-hybridized carbons (Fsp3) is 0.500. The van der Waals surface area contributed by atoms with Crippen molar-refractivity contribution < 1.29 is 0 Å². The standard InChI is InChI=1S/C12H16ClN3S/c1-4-9-5-6-10(17-9)7-16-11(8(2)3)14-15-12(16)13/h5-6,8H,4,7H2,1-3H3. The van der Waals surface area contributed by atoms with E-state index in [9.17, 15) is 0 Å². The molecule has 0 saturated carbocycles. The Labute approximate surface area is 110 Å². The van der Waals surface area contributed by atoms with Gasteiger partial charge in [0.05, 0.1) is 6.54 Å². The van der Waals surface area contributed by atoms with Crippen molar-refractivity contribution in [2.24, 2.45) is 0 Å². The molecule has 0 aliphatic carbocycles. The summed E-state index contributed by atoms with van der Waals surface area (Å²) in [7, 11) is 0. The molecule has 0 unspecified atom stereocenters. The number of hydrogen-bond donors (Lipinski definition) is 0. The van der Waals surface area contributed by atoms with Gasteiger partial charge in [-0.05, 0) is 30.2 Å². The molecule has 17 heavy (non-hydrogen) atoms. The van der Waals surface area contributed by atoms with Gasteiger partial charge in [0.2, 0.25) is 5.28 Å². The molecule has 0 amide bonds. The first-order chi connectivity index (χ1) is 8.11. The Morgan fingerprint density at radius 1 is 1.29 bits per heavy atom. The maximum Gasteiger partial charge on any atom is 0.225 e. The van der Waals surface area contributed by atoms with E-state index >= 15 is 0 Å². The van der Waals surface area contributed by atoms with Crippen molar-refractivity contribution in [1.29, 1.82) is 0 Å². The predicted octanol–water partition coefficient (Wildman–Crippen LogP) is 3.73. The monoisotopic (exact) mass is 269 g/mol. The van der Waals surface area contributed by atoms with Crippen LogP contribution >= 0.6 is 22.9 Å². The number of hydrogen-bond acceptors (Lipinski definition) is 3. The molecular weight excluding hydrogens is 254 g/mol. The van der Waals surface area contributed by atoms with Gasteiger partial charge in [0.15, 0.2) is 0 Å². The molecule has 0 aliphatic heterocycles. The Hall–Kier alpha value is -0.870. The van der Waals surface area contributed by atoms with Gasteiger partial charge in [-0.25, -0.2) is 0 Å². The van der Waals surface area contributed by atoms with Crippen LogP contribution in [-0.2, 0) is 13.0 Å². The molecule has 2 aromatic rings. The lowest BCUT2D eigenvalue weighted by Gasteiger charge is -2.08. The summed E-state index contributed by atoms with van der Waals surface area (Å²) in [5, 5.41) is 8.54. The number of rotatable bonds is 4. The van der Waals surface area contributed by atoms with Gasteiger partial charge in [-0.1, -0.05) is 20.8 Å². The first kappa shape index (κ1) is 12.6. The topological polar surface area (TPSA) is 30.7 Å². The normalized spacial score (nSPS) is 11.4. The highest BCUT2D eigenvalue weighted by Crippen LogP contribution is 2.22. The summed E-state index contributed by atoms with van der Waals surface area (Å²) in [5.74, 6) is 1.28. The van der Waals surface area contributed by atoms with Crippen LogP contribution in [0.1, 0.15) is 42.3 Å². The molecule has 2 aromatic heterocycles. The van der Waals surface area contributed by atoms with Crippen LogP contribution in [0.15, 0.2) is 12.1 Å². The highest BCUT2D eigenvalue weighted by atomic mass is 35.5. The lowest BCUT2D eigenvalue weighted by Crippen LogP contribution is -2.05. The van der Waals surface area contributed by atoms with Gasteiger partial charge in [0.25, 0.3) is 0 Å². The highest BCUT2D eigenvalue weighted by Gasteiger charge is 2.14. The zero-order valence-electron chi connectivity index (χ0n) is 10.3. The smallest absolute Gasteiger partial charge is 0.225 e. The number of thiophene rings is 1. The number of aryl methyl sites for hydroxylation is 1. The van der Waals surface area contributed by atoms with Crippen LogP contribution < -0.4 is 0 Å². The zero-order chi connectivity index (χ0) is 12.4. The molecule has 0 aliphatic rings. The Kier molecular flexibility index (Phi) is 3.84. The van der Waals surface area contributed by atoms with Crippen LogP contribution in [-0.4, -0.2) is 14.8 Å². The van der Waals surface area contributed by atoms with Crippen molar-refractivity contribution >= 4 is 22.9 Å². The zero-order valence-corrected chi connectivity index (χ0v) is 11.8. The van der Waals surface area contributed by atoms with E-state index in [1.165, 1.54) is 9.75 Å². The summed E-state index contributed by atoms with van der Waals surface area (Å²) in [6.45, 7) is 7.14. The Balaban J connectivity index is 2.25. The molecule has 5 heteroatoms. The van der Waals surface area contributed by atoms with Crippen molar-refractivity contribution in [2.75, 3.05) is 0 Å². The lowest BCUT2D eigenvalue weighted by atomic mass is 10.2. The number of halogens is 1. The van der Waals surface area contributed by atoms with Crippen LogP contribution in [0, 0.1) is 0 Å². The average Bonchev–Trinajstić information content (AvgIpc) is 2.87. The quantitative estimate of drug-likeness (QED) is 0.847. The molecular formula is C12H16ClN3S. The average molecular weight is 270 g/mol. The van der Waals surface area contributed by atoms with E-state index in [0.717, 1.165) is 18.8 Å². The SMILES string of the molecule is CCc1ccc(Cn2c(Cl)nnc2C(C)C)s1. The van der Waals surface area contributed by atoms with Crippen LogP contribution in [0.4, 0.5) is 0 Å². The summed E-state index contributed by atoms with van der Waals surface area (Å²) >= 11 is 7.90. The molecule has 0 radical (unpaired) electrons. The second-order valence-corrected chi connectivity index (χ2v) is 5.88. The minimum Gasteiger partial charge on any atom is -0.296 e. The van der Waals surface area contributed by atoms with Gasteiger partial charge in [-0.15, -0.1) is 21.5 Å². The first-order valence-electron chi connectivity index (χ1n) is 5.78. The summed E-state index contributed by atoms with van der Waals surface area (Å²) < 4.78 is 1.98. The molecule has 0 fully saturated rings. The second-order valence-electron chi connectivity index (χ2n) is 4.29. The van der Waals surface area contributed by atoms with Gasteiger partial charge in [-0.3, -0.25) is 4.57 Å². The van der Waals surface area contributed by atoms with Gasteiger partial charge >= 0.3 is 0 Å². The molecule has 0 aromatic carbocycles. The van der Waals surface area contributed by atoms with Crippen LogP contribution in [0.3, 0.4) is 0 Å². The van der Waals surface area contributed by atoms with Crippen LogP contribution in [0.2, 0.25) is 5.28 Å². The van der Waals surface area contributed by atoms with Gasteiger partial charge in [0, 0.05) is 15.7 Å². The molecule has 92 valence electrons. The Morgan fingerprint density at radius 3 is 2.59 bits per heavy atom. The maximum absolute atomic E-state index is 6.07. The van der Waals surface area contributed by atoms with E-state index < -0.39 is 0 Å². The van der Waals surface area contributed by atoms with Crippen molar-refractivity contribution in [3.63, 3.8) is 0 Å². The molecule has 2 rings (SSSR count). The molecule has 0 spiro atoms. The van der Waals surface area contributed by atoms with Gasteiger partial charge in [-0.2, -0.15) is 0 Å². The lowest BCUT2D eigenvalue weighted by molar-refractivity contribution is 0.674. The van der Waals surface area contributed by atoms with Crippen molar-refractivity contribution in [3.05, 3.63) is 33.0 Å². The third-order valence-electron chi connectivity index (χ3n) is 2.63. The second kappa shape index (κ2) is 5.19. The van der Waals surface area contributed by atoms with E-state index in [-0.39, 0.29) is 0 Å². The minimum absolute atomic E-state index is 0.334. The first-order valence-corrected chi connectivity index (χ1v) is 6.97. The molecule has 0 atom stereocenters. The summed E-state index contributed by atoms with van der Waals surface area (Å²) in [4.78, 5) is 2.70. The van der Waals surface area contributed by atoms with E-state index in [1.807, 2.05) is 15.9 Å². The minimum atomic E-state index is 0.334. The molecule has 3 nitrogen and oxygen atoms in total.